The summed E-state index contributed by atoms with van der Waals surface area (Å²) in [7, 11) is 3.10. The number of nitrogens with one attached hydrogen (secondary N) is 1. The Balaban J connectivity index is 1.97. The first-order chi connectivity index (χ1) is 14.2. The van der Waals surface area contributed by atoms with Crippen LogP contribution in [0.15, 0.2) is 44.3 Å². The molecule has 0 saturated carbocycles. The van der Waals surface area contributed by atoms with E-state index in [0.29, 0.717) is 12.2 Å². The Morgan fingerprint density at radius 1 is 1.20 bits per heavy atom. The van der Waals surface area contributed by atoms with Crippen molar-refractivity contribution in [2.24, 2.45) is 5.84 Å². The highest BCUT2D eigenvalue weighted by molar-refractivity contribution is 5.99. The number of aromatic hydroxyl groups is 1. The Bertz CT molecular complexity index is 1160. The van der Waals surface area contributed by atoms with Crippen LogP contribution in [0.1, 0.15) is 41.3 Å². The highest BCUT2D eigenvalue weighted by atomic mass is 16.3. The number of carbonyl (C=O) groups is 1. The molecule has 158 valence electrons. The van der Waals surface area contributed by atoms with E-state index in [9.17, 15) is 19.5 Å². The molecule has 0 bridgehead atoms. The van der Waals surface area contributed by atoms with E-state index in [1.54, 1.807) is 20.2 Å². The van der Waals surface area contributed by atoms with Gasteiger partial charge in [-0.2, -0.15) is 0 Å². The molecule has 1 heterocycles. The van der Waals surface area contributed by atoms with Gasteiger partial charge in [-0.05, 0) is 37.6 Å². The van der Waals surface area contributed by atoms with Gasteiger partial charge in [0.2, 0.25) is 0 Å². The first-order valence-corrected chi connectivity index (χ1v) is 9.42. The van der Waals surface area contributed by atoms with Crippen LogP contribution in [0, 0.1) is 6.92 Å². The van der Waals surface area contributed by atoms with Crippen LogP contribution in [0.25, 0.3) is 0 Å². The number of hydrazine groups is 1. The van der Waals surface area contributed by atoms with Gasteiger partial charge in [-0.1, -0.05) is 13.0 Å². The molecule has 0 aliphatic rings. The van der Waals surface area contributed by atoms with Crippen molar-refractivity contribution < 1.29 is 14.3 Å². The van der Waals surface area contributed by atoms with E-state index >= 15 is 0 Å². The normalized spacial score (nSPS) is 12.0. The molecule has 0 saturated heterocycles. The third-order valence-electron chi connectivity index (χ3n) is 4.87. The summed E-state index contributed by atoms with van der Waals surface area (Å²) in [6, 6.07) is 7.69. The van der Waals surface area contributed by atoms with Crippen molar-refractivity contribution >= 4 is 23.0 Å². The molecule has 0 spiro atoms. The molecule has 3 aromatic rings. The third kappa shape index (κ3) is 3.55. The van der Waals surface area contributed by atoms with Gasteiger partial charge in [-0.3, -0.25) is 19.4 Å². The highest BCUT2D eigenvalue weighted by Crippen LogP contribution is 2.36. The Morgan fingerprint density at radius 3 is 2.47 bits per heavy atom. The summed E-state index contributed by atoms with van der Waals surface area (Å²) < 4.78 is 5.62. The number of hydrogen-bond donors (Lipinski definition) is 3. The second-order valence-electron chi connectivity index (χ2n) is 7.18. The molecular formula is C21H24N4O5. The van der Waals surface area contributed by atoms with Gasteiger partial charge in [0.1, 0.15) is 28.6 Å². The number of hydrogen-bond acceptors (Lipinski definition) is 8. The van der Waals surface area contributed by atoms with Crippen molar-refractivity contribution in [2.45, 2.75) is 26.3 Å². The minimum atomic E-state index is -0.783. The molecule has 0 radical (unpaired) electrons. The summed E-state index contributed by atoms with van der Waals surface area (Å²) >= 11 is 0. The molecule has 2 aromatic carbocycles. The van der Waals surface area contributed by atoms with E-state index < -0.39 is 16.8 Å². The highest BCUT2D eigenvalue weighted by Gasteiger charge is 2.30. The predicted octanol–water partition coefficient (Wildman–Crippen LogP) is 2.17. The zero-order valence-electron chi connectivity index (χ0n) is 17.2. The largest absolute Gasteiger partial charge is 0.505 e. The van der Waals surface area contributed by atoms with E-state index in [1.807, 2.05) is 19.9 Å². The van der Waals surface area contributed by atoms with Gasteiger partial charge in [0, 0.05) is 14.1 Å². The average molecular weight is 412 g/mol. The van der Waals surface area contributed by atoms with Crippen LogP contribution in [0.5, 0.6) is 5.75 Å². The lowest BCUT2D eigenvalue weighted by molar-refractivity contribution is 0.0824. The van der Waals surface area contributed by atoms with Crippen LogP contribution in [0.2, 0.25) is 0 Å². The van der Waals surface area contributed by atoms with Gasteiger partial charge in [-0.15, -0.1) is 0 Å². The number of benzene rings is 1. The maximum Gasteiger partial charge on any atom is 0.257 e. The quantitative estimate of drug-likeness (QED) is 0.306. The molecule has 9 nitrogen and oxygen atoms in total. The van der Waals surface area contributed by atoms with Crippen molar-refractivity contribution in [3.63, 3.8) is 0 Å². The van der Waals surface area contributed by atoms with Crippen LogP contribution in [0.3, 0.4) is 0 Å². The van der Waals surface area contributed by atoms with Crippen LogP contribution in [-0.2, 0) is 0 Å². The minimum absolute atomic E-state index is 0.0265. The molecule has 1 amide bonds. The van der Waals surface area contributed by atoms with Crippen LogP contribution in [0.4, 0.5) is 17.1 Å². The van der Waals surface area contributed by atoms with Gasteiger partial charge in [0.25, 0.3) is 16.8 Å². The van der Waals surface area contributed by atoms with E-state index in [2.05, 4.69) is 5.32 Å². The number of nitrogens with two attached hydrogens (primary N) is 1. The summed E-state index contributed by atoms with van der Waals surface area (Å²) in [5.74, 6) is 6.64. The summed E-state index contributed by atoms with van der Waals surface area (Å²) in [5, 5.41) is 14.5. The summed E-state index contributed by atoms with van der Waals surface area (Å²) in [5.41, 5.74) is -1.49. The topological polar surface area (TPSA) is 129 Å². The molecule has 0 unspecified atom stereocenters. The van der Waals surface area contributed by atoms with Crippen molar-refractivity contribution in [2.75, 3.05) is 24.4 Å². The number of anilines is 3. The summed E-state index contributed by atoms with van der Waals surface area (Å²) in [6.45, 7) is 3.72. The number of amides is 1. The smallest absolute Gasteiger partial charge is 0.257 e. The lowest BCUT2D eigenvalue weighted by Crippen LogP contribution is -2.44. The molecule has 0 aliphatic carbocycles. The molecular weight excluding hydrogens is 388 g/mol. The lowest BCUT2D eigenvalue weighted by atomic mass is 10.1. The fourth-order valence-corrected chi connectivity index (χ4v) is 3.19. The van der Waals surface area contributed by atoms with Crippen LogP contribution < -0.4 is 27.0 Å². The van der Waals surface area contributed by atoms with Crippen molar-refractivity contribution in [3.8, 4) is 5.75 Å². The van der Waals surface area contributed by atoms with E-state index in [4.69, 9.17) is 10.3 Å². The van der Waals surface area contributed by atoms with E-state index in [1.165, 1.54) is 23.1 Å². The standard InChI is InChI=1S/C21H24N4O5/c1-5-13(15-10-9-11(2)30-15)23-16-17(20(28)19(16)27)25(22)14-8-6-7-12(18(14)26)21(29)24(3)4/h6-10,13,23,26H,5,22H2,1-4H3/t13-/m1/s1. The molecule has 4 N–H and O–H groups in total. The molecule has 30 heavy (non-hydrogen) atoms. The second kappa shape index (κ2) is 8.03. The summed E-state index contributed by atoms with van der Waals surface area (Å²) in [6.07, 6.45) is 0.591. The molecule has 3 rings (SSSR count). The number of phenolic OH excluding ortho intramolecular Hbond substituents is 1. The van der Waals surface area contributed by atoms with Gasteiger partial charge in [0.15, 0.2) is 5.75 Å². The van der Waals surface area contributed by atoms with Crippen molar-refractivity contribution in [3.05, 3.63) is 67.9 Å². The van der Waals surface area contributed by atoms with Crippen molar-refractivity contribution in [1.29, 1.82) is 0 Å². The Hall–Kier alpha value is -3.59. The van der Waals surface area contributed by atoms with Gasteiger partial charge < -0.3 is 19.7 Å². The predicted molar refractivity (Wildman–Crippen MR) is 114 cm³/mol. The van der Waals surface area contributed by atoms with Gasteiger partial charge >= 0.3 is 0 Å². The number of furan rings is 1. The lowest BCUT2D eigenvalue weighted by Gasteiger charge is -2.26. The Labute approximate surface area is 173 Å². The Kier molecular flexibility index (Phi) is 5.66. The SMILES string of the molecule is CC[C@@H](Nc1c(N(N)c2cccc(C(=O)N(C)C)c2O)c(=O)c1=O)c1ccc(C)o1. The molecule has 9 heteroatoms. The van der Waals surface area contributed by atoms with Crippen LogP contribution in [-0.4, -0.2) is 30.0 Å². The number of rotatable bonds is 7. The number of para-hydroxylation sites is 1. The second-order valence-corrected chi connectivity index (χ2v) is 7.18. The Morgan fingerprint density at radius 2 is 1.90 bits per heavy atom. The molecule has 0 fully saturated rings. The third-order valence-corrected chi connectivity index (χ3v) is 4.87. The van der Waals surface area contributed by atoms with Crippen molar-refractivity contribution in [1.82, 2.24) is 4.90 Å². The molecule has 1 aromatic heterocycles. The zero-order chi connectivity index (χ0) is 22.2. The number of phenols is 1. The maximum absolute atomic E-state index is 12.3. The first-order valence-electron chi connectivity index (χ1n) is 9.42. The average Bonchev–Trinajstić information content (AvgIpc) is 3.15. The number of nitrogens with zero attached hydrogens (tertiary/aromatic N) is 2. The summed E-state index contributed by atoms with van der Waals surface area (Å²) in [4.78, 5) is 38.1. The molecule has 1 atom stereocenters. The van der Waals surface area contributed by atoms with Crippen LogP contribution >= 0.6 is 0 Å². The number of aryl methyl sites for hydroxylation is 1. The monoisotopic (exact) mass is 412 g/mol. The zero-order valence-corrected chi connectivity index (χ0v) is 17.2. The van der Waals surface area contributed by atoms with E-state index in [-0.39, 0.29) is 34.4 Å². The van der Waals surface area contributed by atoms with Gasteiger partial charge in [-0.25, -0.2) is 5.84 Å². The fraction of sp³-hybridized carbons (Fsp3) is 0.286. The van der Waals surface area contributed by atoms with Gasteiger partial charge in [0.05, 0.1) is 11.6 Å². The fourth-order valence-electron chi connectivity index (χ4n) is 3.19. The number of carbonyl (C=O) groups excluding carboxylic acids is 1. The minimum Gasteiger partial charge on any atom is -0.505 e. The molecule has 0 aliphatic heterocycles. The maximum atomic E-state index is 12.3. The van der Waals surface area contributed by atoms with E-state index in [0.717, 1.165) is 10.8 Å². The first kappa shape index (κ1) is 21.1.